The fraction of sp³-hybridized carbons (Fsp3) is 1.00. The Morgan fingerprint density at radius 2 is 1.60 bits per heavy atom. The molecule has 0 aromatic carbocycles. The van der Waals surface area contributed by atoms with Crippen LogP contribution in [0.4, 0.5) is 0 Å². The van der Waals surface area contributed by atoms with Crippen LogP contribution < -0.4 is 4.98 Å². The molecule has 1 fully saturated rings. The highest BCUT2D eigenvalue weighted by atomic mass is 28.4. The second-order valence-corrected chi connectivity index (χ2v) is 7.18. The summed E-state index contributed by atoms with van der Waals surface area (Å²) in [6.07, 6.45) is 5.28. The van der Waals surface area contributed by atoms with Crippen molar-refractivity contribution in [1.29, 1.82) is 0 Å². The van der Waals surface area contributed by atoms with Crippen molar-refractivity contribution in [2.24, 2.45) is 0 Å². The van der Waals surface area contributed by atoms with E-state index in [9.17, 15) is 0 Å². The monoisotopic (exact) mass is 231 g/mol. The van der Waals surface area contributed by atoms with Gasteiger partial charge in [0.15, 0.2) is 0 Å². The average molecular weight is 231 g/mol. The first-order valence-corrected chi connectivity index (χ1v) is 8.34. The maximum Gasteiger partial charge on any atom is 0.424 e. The lowest BCUT2D eigenvalue weighted by atomic mass is 10.3. The van der Waals surface area contributed by atoms with E-state index in [2.05, 4.69) is 11.9 Å². The molecule has 0 unspecified atom stereocenters. The maximum atomic E-state index is 5.89. The molecule has 0 aliphatic heterocycles. The third-order valence-electron chi connectivity index (χ3n) is 3.00. The molecule has 15 heavy (non-hydrogen) atoms. The summed E-state index contributed by atoms with van der Waals surface area (Å²) in [7, 11) is -2.08. The van der Waals surface area contributed by atoms with E-state index in [-0.39, 0.29) is 0 Å². The van der Waals surface area contributed by atoms with E-state index in [1.54, 1.807) is 0 Å². The standard InChI is InChI=1S/C11H25NO2Si/c1-4-13-15(6-3,14-5-2)12-11-9-7-8-10-11/h11-12H,4-10H2,1-3H3. The maximum absolute atomic E-state index is 5.89. The molecule has 3 nitrogen and oxygen atoms in total. The Bertz CT molecular complexity index is 166. The normalized spacial score (nSPS) is 18.6. The van der Waals surface area contributed by atoms with E-state index in [4.69, 9.17) is 8.85 Å². The molecular formula is C11H25NO2Si. The van der Waals surface area contributed by atoms with E-state index in [1.807, 2.05) is 13.8 Å². The predicted molar refractivity (Wildman–Crippen MR) is 64.9 cm³/mol. The van der Waals surface area contributed by atoms with Gasteiger partial charge in [0.1, 0.15) is 0 Å². The van der Waals surface area contributed by atoms with Gasteiger partial charge in [-0.05, 0) is 26.7 Å². The van der Waals surface area contributed by atoms with Crippen LogP contribution in [-0.2, 0) is 8.85 Å². The van der Waals surface area contributed by atoms with E-state index in [1.165, 1.54) is 25.7 Å². The van der Waals surface area contributed by atoms with Crippen LogP contribution in [0.15, 0.2) is 0 Å². The van der Waals surface area contributed by atoms with E-state index in [0.29, 0.717) is 6.04 Å². The Morgan fingerprint density at radius 1 is 1.07 bits per heavy atom. The quantitative estimate of drug-likeness (QED) is 0.683. The minimum atomic E-state index is -2.08. The number of nitrogens with one attached hydrogen (secondary N) is 1. The van der Waals surface area contributed by atoms with Gasteiger partial charge in [-0.15, -0.1) is 0 Å². The Kier molecular flexibility index (Phi) is 5.82. The Balaban J connectivity index is 2.51. The van der Waals surface area contributed by atoms with Gasteiger partial charge < -0.3 is 8.85 Å². The van der Waals surface area contributed by atoms with E-state index >= 15 is 0 Å². The molecule has 0 radical (unpaired) electrons. The number of rotatable bonds is 7. The van der Waals surface area contributed by atoms with Crippen molar-refractivity contribution in [3.63, 3.8) is 0 Å². The highest BCUT2D eigenvalue weighted by molar-refractivity contribution is 6.64. The van der Waals surface area contributed by atoms with E-state index in [0.717, 1.165) is 19.3 Å². The zero-order chi connectivity index (χ0) is 11.1. The summed E-state index contributed by atoms with van der Waals surface area (Å²) in [4.78, 5) is 3.68. The van der Waals surface area contributed by atoms with Crippen molar-refractivity contribution in [2.45, 2.75) is 58.5 Å². The van der Waals surface area contributed by atoms with Gasteiger partial charge >= 0.3 is 8.72 Å². The molecule has 0 saturated heterocycles. The van der Waals surface area contributed by atoms with Gasteiger partial charge in [-0.3, -0.25) is 4.98 Å². The van der Waals surface area contributed by atoms with Gasteiger partial charge in [-0.25, -0.2) is 0 Å². The highest BCUT2D eigenvalue weighted by Gasteiger charge is 2.38. The first-order chi connectivity index (χ1) is 7.26. The van der Waals surface area contributed by atoms with Crippen LogP contribution >= 0.6 is 0 Å². The molecule has 0 aromatic rings. The number of hydrogen-bond acceptors (Lipinski definition) is 3. The summed E-state index contributed by atoms with van der Waals surface area (Å²) >= 11 is 0. The van der Waals surface area contributed by atoms with Crippen LogP contribution in [-0.4, -0.2) is 28.0 Å². The summed E-state index contributed by atoms with van der Waals surface area (Å²) in [6.45, 7) is 7.76. The van der Waals surface area contributed by atoms with Gasteiger partial charge in [-0.2, -0.15) is 0 Å². The van der Waals surface area contributed by atoms with Gasteiger partial charge in [0.05, 0.1) is 0 Å². The second-order valence-electron chi connectivity index (χ2n) is 4.10. The minimum Gasteiger partial charge on any atom is -0.383 e. The molecular weight excluding hydrogens is 206 g/mol. The molecule has 1 aliphatic carbocycles. The lowest BCUT2D eigenvalue weighted by Crippen LogP contribution is -2.59. The topological polar surface area (TPSA) is 30.5 Å². The molecule has 0 atom stereocenters. The minimum absolute atomic E-state index is 0.634. The van der Waals surface area contributed by atoms with Crippen molar-refractivity contribution in [2.75, 3.05) is 13.2 Å². The van der Waals surface area contributed by atoms with Gasteiger partial charge in [0.25, 0.3) is 0 Å². The lowest BCUT2D eigenvalue weighted by molar-refractivity contribution is 0.167. The Hall–Kier alpha value is 0.0969. The van der Waals surface area contributed by atoms with Crippen LogP contribution in [0.1, 0.15) is 46.5 Å². The third-order valence-corrected chi connectivity index (χ3v) is 6.29. The van der Waals surface area contributed by atoms with Crippen LogP contribution in [0.2, 0.25) is 6.04 Å². The smallest absolute Gasteiger partial charge is 0.383 e. The molecule has 1 saturated carbocycles. The highest BCUT2D eigenvalue weighted by Crippen LogP contribution is 2.21. The van der Waals surface area contributed by atoms with E-state index < -0.39 is 8.72 Å². The zero-order valence-corrected chi connectivity index (χ0v) is 11.3. The summed E-state index contributed by atoms with van der Waals surface area (Å²) in [6, 6.07) is 1.63. The molecule has 4 heteroatoms. The first-order valence-electron chi connectivity index (χ1n) is 6.32. The molecule has 0 amide bonds. The van der Waals surface area contributed by atoms with Crippen LogP contribution in [0, 0.1) is 0 Å². The van der Waals surface area contributed by atoms with Crippen molar-refractivity contribution in [3.05, 3.63) is 0 Å². The van der Waals surface area contributed by atoms with Crippen LogP contribution in [0.5, 0.6) is 0 Å². The second kappa shape index (κ2) is 6.63. The molecule has 0 bridgehead atoms. The summed E-state index contributed by atoms with van der Waals surface area (Å²) in [5.41, 5.74) is 0. The first kappa shape index (κ1) is 13.2. The Labute approximate surface area is 94.9 Å². The molecule has 0 heterocycles. The fourth-order valence-corrected chi connectivity index (χ4v) is 4.98. The van der Waals surface area contributed by atoms with Gasteiger partial charge in [0.2, 0.25) is 0 Å². The van der Waals surface area contributed by atoms with Crippen LogP contribution in [0.25, 0.3) is 0 Å². The molecule has 1 N–H and O–H groups in total. The van der Waals surface area contributed by atoms with Gasteiger partial charge in [-0.1, -0.05) is 19.8 Å². The largest absolute Gasteiger partial charge is 0.424 e. The fourth-order valence-electron chi connectivity index (χ4n) is 2.28. The summed E-state index contributed by atoms with van der Waals surface area (Å²) in [5.74, 6) is 0. The van der Waals surface area contributed by atoms with Crippen molar-refractivity contribution < 1.29 is 8.85 Å². The van der Waals surface area contributed by atoms with Crippen LogP contribution in [0.3, 0.4) is 0 Å². The van der Waals surface area contributed by atoms with Crippen molar-refractivity contribution in [3.8, 4) is 0 Å². The SMILES string of the molecule is CCO[Si](CC)(NC1CCCC1)OCC. The summed E-state index contributed by atoms with van der Waals surface area (Å²) < 4.78 is 11.8. The van der Waals surface area contributed by atoms with Gasteiger partial charge in [0, 0.05) is 25.3 Å². The number of hydrogen-bond donors (Lipinski definition) is 1. The predicted octanol–water partition coefficient (Wildman–Crippen LogP) is 2.55. The Morgan fingerprint density at radius 3 is 2.00 bits per heavy atom. The molecule has 1 aliphatic rings. The molecule has 1 rings (SSSR count). The third kappa shape index (κ3) is 3.87. The molecule has 0 spiro atoms. The zero-order valence-electron chi connectivity index (χ0n) is 10.3. The lowest BCUT2D eigenvalue weighted by Gasteiger charge is -2.32. The average Bonchev–Trinajstić information content (AvgIpc) is 2.71. The van der Waals surface area contributed by atoms with Crippen molar-refractivity contribution in [1.82, 2.24) is 4.98 Å². The summed E-state index contributed by atoms with van der Waals surface area (Å²) in [5, 5.41) is 0. The molecule has 90 valence electrons. The molecule has 0 aromatic heterocycles. The van der Waals surface area contributed by atoms with Crippen molar-refractivity contribution >= 4 is 8.72 Å².